The second-order valence-electron chi connectivity index (χ2n) is 9.72. The van der Waals surface area contributed by atoms with Crippen LogP contribution < -0.4 is 10.1 Å². The molecule has 0 bridgehead atoms. The standard InChI is InChI=1S/C24H29ClF2N4O2SSi/c1-15-6-9-34-24(29-15)30-16-11-18(26)22(19(27)12-16)33-20-5-7-28-23-21(20)17(25)13-31(23)14-32-8-10-35(2,3)4/h5,7,11-13,15H,6,8-10,14H2,1-4H3,(H,29,30). The molecule has 1 aromatic carbocycles. The molecule has 6 nitrogen and oxygen atoms in total. The molecule has 0 saturated heterocycles. The number of hydrogen-bond acceptors (Lipinski definition) is 6. The highest BCUT2D eigenvalue weighted by atomic mass is 35.5. The Hall–Kier alpha value is -2.14. The van der Waals surface area contributed by atoms with Gasteiger partial charge in [-0.15, -0.1) is 0 Å². The fraction of sp³-hybridized carbons (Fsp3) is 0.417. The van der Waals surface area contributed by atoms with Crippen LogP contribution in [0.1, 0.15) is 13.3 Å². The molecule has 11 heteroatoms. The zero-order valence-electron chi connectivity index (χ0n) is 20.2. The van der Waals surface area contributed by atoms with Gasteiger partial charge in [-0.2, -0.15) is 0 Å². The number of aromatic nitrogens is 2. The van der Waals surface area contributed by atoms with E-state index >= 15 is 0 Å². The number of anilines is 1. The van der Waals surface area contributed by atoms with Crippen molar-refractivity contribution in [3.05, 3.63) is 47.2 Å². The van der Waals surface area contributed by atoms with Crippen LogP contribution in [-0.2, 0) is 11.5 Å². The van der Waals surface area contributed by atoms with Gasteiger partial charge < -0.3 is 19.4 Å². The number of ether oxygens (including phenoxy) is 2. The molecule has 3 aromatic rings. The second-order valence-corrected chi connectivity index (χ2v) is 16.8. The molecule has 0 aliphatic carbocycles. The second kappa shape index (κ2) is 10.9. The third kappa shape index (κ3) is 6.55. The number of nitrogens with one attached hydrogen (secondary N) is 1. The number of amidine groups is 1. The lowest BCUT2D eigenvalue weighted by atomic mass is 10.2. The van der Waals surface area contributed by atoms with Crippen LogP contribution in [-0.4, -0.2) is 41.2 Å². The first-order valence-corrected chi connectivity index (χ1v) is 16.5. The minimum Gasteiger partial charge on any atom is -0.450 e. The summed E-state index contributed by atoms with van der Waals surface area (Å²) in [7, 11) is -1.21. The lowest BCUT2D eigenvalue weighted by Gasteiger charge is -2.18. The molecule has 3 heterocycles. The summed E-state index contributed by atoms with van der Waals surface area (Å²) in [5, 5.41) is 4.46. The Kier molecular flexibility index (Phi) is 8.04. The van der Waals surface area contributed by atoms with E-state index < -0.39 is 25.5 Å². The monoisotopic (exact) mass is 538 g/mol. The Morgan fingerprint density at radius 3 is 2.69 bits per heavy atom. The summed E-state index contributed by atoms with van der Waals surface area (Å²) in [5.41, 5.74) is 0.785. The van der Waals surface area contributed by atoms with E-state index in [1.165, 1.54) is 36.2 Å². The van der Waals surface area contributed by atoms with Gasteiger partial charge in [0.2, 0.25) is 0 Å². The zero-order chi connectivity index (χ0) is 25.2. The number of thioether (sulfide) groups is 1. The molecular weight excluding hydrogens is 510 g/mol. The van der Waals surface area contributed by atoms with Crippen molar-refractivity contribution in [3.63, 3.8) is 0 Å². The van der Waals surface area contributed by atoms with E-state index in [0.717, 1.165) is 18.2 Å². The van der Waals surface area contributed by atoms with Gasteiger partial charge in [-0.3, -0.25) is 4.99 Å². The molecule has 2 aromatic heterocycles. The van der Waals surface area contributed by atoms with Crippen LogP contribution >= 0.6 is 23.4 Å². The van der Waals surface area contributed by atoms with E-state index in [2.05, 4.69) is 34.9 Å². The molecule has 35 heavy (non-hydrogen) atoms. The first kappa shape index (κ1) is 25.9. The van der Waals surface area contributed by atoms with Crippen LogP contribution in [0.25, 0.3) is 11.0 Å². The fourth-order valence-electron chi connectivity index (χ4n) is 3.52. The van der Waals surface area contributed by atoms with E-state index in [0.29, 0.717) is 27.8 Å². The van der Waals surface area contributed by atoms with Gasteiger partial charge >= 0.3 is 0 Å². The van der Waals surface area contributed by atoms with Crippen LogP contribution in [0.3, 0.4) is 0 Å². The Morgan fingerprint density at radius 2 is 2.00 bits per heavy atom. The highest BCUT2D eigenvalue weighted by molar-refractivity contribution is 8.14. The van der Waals surface area contributed by atoms with Gasteiger partial charge in [-0.05, 0) is 25.5 Å². The molecule has 0 amide bonds. The third-order valence-electron chi connectivity index (χ3n) is 5.47. The van der Waals surface area contributed by atoms with Crippen molar-refractivity contribution in [2.75, 3.05) is 17.7 Å². The number of benzene rings is 1. The number of aliphatic imine (C=N–C) groups is 1. The summed E-state index contributed by atoms with van der Waals surface area (Å²) in [6.07, 6.45) is 4.17. The molecule has 0 fully saturated rings. The lowest BCUT2D eigenvalue weighted by Crippen LogP contribution is -2.22. The molecule has 1 aliphatic rings. The number of rotatable bonds is 8. The average molecular weight is 539 g/mol. The fourth-order valence-corrected chi connectivity index (χ4v) is 5.67. The Bertz CT molecular complexity index is 1230. The van der Waals surface area contributed by atoms with Crippen molar-refractivity contribution in [2.45, 2.75) is 51.8 Å². The summed E-state index contributed by atoms with van der Waals surface area (Å²) >= 11 is 7.98. The molecule has 1 atom stereocenters. The third-order valence-corrected chi connectivity index (χ3v) is 8.38. The van der Waals surface area contributed by atoms with Crippen LogP contribution in [0.5, 0.6) is 11.5 Å². The minimum absolute atomic E-state index is 0.174. The normalized spacial score (nSPS) is 16.4. The first-order chi connectivity index (χ1) is 16.6. The molecule has 0 saturated carbocycles. The van der Waals surface area contributed by atoms with Gasteiger partial charge in [0.1, 0.15) is 18.1 Å². The van der Waals surface area contributed by atoms with Crippen molar-refractivity contribution >= 4 is 53.3 Å². The van der Waals surface area contributed by atoms with Crippen molar-refractivity contribution in [2.24, 2.45) is 4.99 Å². The van der Waals surface area contributed by atoms with E-state index in [-0.39, 0.29) is 24.2 Å². The van der Waals surface area contributed by atoms with Crippen LogP contribution in [0.15, 0.2) is 35.6 Å². The quantitative estimate of drug-likeness (QED) is 0.240. The number of pyridine rings is 1. The van der Waals surface area contributed by atoms with Crippen molar-refractivity contribution < 1.29 is 18.3 Å². The summed E-state index contributed by atoms with van der Waals surface area (Å²) in [6, 6.07) is 5.13. The zero-order valence-corrected chi connectivity index (χ0v) is 22.8. The molecule has 1 unspecified atom stereocenters. The van der Waals surface area contributed by atoms with Gasteiger partial charge in [0, 0.05) is 50.6 Å². The first-order valence-electron chi connectivity index (χ1n) is 11.5. The van der Waals surface area contributed by atoms with Gasteiger partial charge in [0.25, 0.3) is 0 Å². The van der Waals surface area contributed by atoms with Crippen LogP contribution in [0, 0.1) is 11.6 Å². The Balaban J connectivity index is 1.54. The molecule has 1 aliphatic heterocycles. The molecule has 0 spiro atoms. The molecule has 4 rings (SSSR count). The van der Waals surface area contributed by atoms with Gasteiger partial charge in [-0.1, -0.05) is 43.0 Å². The maximum atomic E-state index is 14.9. The summed E-state index contributed by atoms with van der Waals surface area (Å²) in [5.74, 6) is -1.07. The number of halogens is 3. The predicted octanol–water partition coefficient (Wildman–Crippen LogP) is 7.37. The average Bonchev–Trinajstić information content (AvgIpc) is 3.09. The van der Waals surface area contributed by atoms with Crippen LogP contribution in [0.2, 0.25) is 30.7 Å². The Labute approximate surface area is 214 Å². The number of hydrogen-bond donors (Lipinski definition) is 1. The van der Waals surface area contributed by atoms with Crippen molar-refractivity contribution in [1.82, 2.24) is 9.55 Å². The van der Waals surface area contributed by atoms with Crippen LogP contribution in [0.4, 0.5) is 14.5 Å². The number of fused-ring (bicyclic) bond motifs is 1. The molecular formula is C24H29ClF2N4O2SSi. The largest absolute Gasteiger partial charge is 0.450 e. The van der Waals surface area contributed by atoms with E-state index in [9.17, 15) is 8.78 Å². The summed E-state index contributed by atoms with van der Waals surface area (Å²) in [4.78, 5) is 8.85. The summed E-state index contributed by atoms with van der Waals surface area (Å²) in [6.45, 7) is 9.78. The van der Waals surface area contributed by atoms with E-state index in [4.69, 9.17) is 21.1 Å². The maximum Gasteiger partial charge on any atom is 0.198 e. The topological polar surface area (TPSA) is 60.7 Å². The highest BCUT2D eigenvalue weighted by Crippen LogP contribution is 2.38. The lowest BCUT2D eigenvalue weighted by molar-refractivity contribution is 0.0899. The van der Waals surface area contributed by atoms with Crippen molar-refractivity contribution in [1.29, 1.82) is 0 Å². The summed E-state index contributed by atoms with van der Waals surface area (Å²) < 4.78 is 43.1. The SMILES string of the molecule is CC1CCSC(Nc2cc(F)c(Oc3ccnc4c3c(Cl)cn4COCC[Si](C)(C)C)c(F)c2)=N1. The molecule has 1 N–H and O–H groups in total. The smallest absolute Gasteiger partial charge is 0.198 e. The van der Waals surface area contributed by atoms with E-state index in [1.807, 2.05) is 6.92 Å². The highest BCUT2D eigenvalue weighted by Gasteiger charge is 2.20. The maximum absolute atomic E-state index is 14.9. The predicted molar refractivity (Wildman–Crippen MR) is 143 cm³/mol. The molecule has 188 valence electrons. The van der Waals surface area contributed by atoms with Gasteiger partial charge in [-0.25, -0.2) is 13.8 Å². The van der Waals surface area contributed by atoms with Gasteiger partial charge in [0.15, 0.2) is 22.6 Å². The number of nitrogens with zero attached hydrogens (tertiary/aromatic N) is 3. The molecule has 0 radical (unpaired) electrons. The Morgan fingerprint density at radius 1 is 1.26 bits per heavy atom. The van der Waals surface area contributed by atoms with Gasteiger partial charge in [0.05, 0.1) is 16.5 Å². The van der Waals surface area contributed by atoms with Crippen molar-refractivity contribution in [3.8, 4) is 11.5 Å². The van der Waals surface area contributed by atoms with E-state index in [1.54, 1.807) is 10.8 Å². The minimum atomic E-state index is -1.21.